The number of hydrogen-bond acceptors (Lipinski definition) is 6. The van der Waals surface area contributed by atoms with Gasteiger partial charge in [-0.3, -0.25) is 4.79 Å². The number of sulfonamides is 1. The summed E-state index contributed by atoms with van der Waals surface area (Å²) in [6, 6.07) is 7.13. The van der Waals surface area contributed by atoms with Crippen molar-refractivity contribution in [2.45, 2.75) is 57.0 Å². The number of carbonyl (C=O) groups excluding carboxylic acids is 1. The minimum Gasteiger partial charge on any atom is -0.490 e. The van der Waals surface area contributed by atoms with E-state index in [-0.39, 0.29) is 22.8 Å². The van der Waals surface area contributed by atoms with Gasteiger partial charge in [-0.05, 0) is 43.5 Å². The number of nitrogens with one attached hydrogen (secondary N) is 2. The highest BCUT2D eigenvalue weighted by atomic mass is 32.2. The third kappa shape index (κ3) is 6.24. The number of furan rings is 1. The van der Waals surface area contributed by atoms with Crippen LogP contribution in [0.25, 0.3) is 0 Å². The van der Waals surface area contributed by atoms with Crippen molar-refractivity contribution in [3.05, 3.63) is 42.4 Å². The van der Waals surface area contributed by atoms with Gasteiger partial charge in [-0.1, -0.05) is 13.8 Å². The molecule has 0 aliphatic carbocycles. The van der Waals surface area contributed by atoms with Crippen LogP contribution in [0.5, 0.6) is 11.5 Å². The summed E-state index contributed by atoms with van der Waals surface area (Å²) in [6.45, 7) is 6.46. The van der Waals surface area contributed by atoms with E-state index in [0.29, 0.717) is 37.6 Å². The Morgan fingerprint density at radius 2 is 1.84 bits per heavy atom. The van der Waals surface area contributed by atoms with Gasteiger partial charge < -0.3 is 19.2 Å². The minimum atomic E-state index is -3.94. The van der Waals surface area contributed by atoms with Crippen LogP contribution in [0, 0.1) is 5.92 Å². The van der Waals surface area contributed by atoms with Gasteiger partial charge in [0.1, 0.15) is 11.8 Å². The Labute approximate surface area is 183 Å². The van der Waals surface area contributed by atoms with Crippen molar-refractivity contribution in [3.8, 4) is 11.5 Å². The summed E-state index contributed by atoms with van der Waals surface area (Å²) in [6.07, 6.45) is 3.70. The summed E-state index contributed by atoms with van der Waals surface area (Å²) in [4.78, 5) is 12.9. The quantitative estimate of drug-likeness (QED) is 0.608. The number of benzene rings is 1. The van der Waals surface area contributed by atoms with Crippen molar-refractivity contribution in [2.75, 3.05) is 13.2 Å². The summed E-state index contributed by atoms with van der Waals surface area (Å²) < 4.78 is 45.0. The number of fused-ring (bicyclic) bond motifs is 1. The molecule has 0 saturated heterocycles. The van der Waals surface area contributed by atoms with E-state index in [4.69, 9.17) is 13.9 Å². The van der Waals surface area contributed by atoms with Crippen LogP contribution in [-0.4, -0.2) is 39.6 Å². The van der Waals surface area contributed by atoms with Crippen LogP contribution in [-0.2, 0) is 21.2 Å². The molecule has 2 heterocycles. The number of rotatable bonds is 9. The largest absolute Gasteiger partial charge is 0.490 e. The molecule has 1 amide bonds. The first-order chi connectivity index (χ1) is 14.8. The van der Waals surface area contributed by atoms with Gasteiger partial charge in [-0.25, -0.2) is 8.42 Å². The number of aryl methyl sites for hydroxylation is 1. The summed E-state index contributed by atoms with van der Waals surface area (Å²) in [7, 11) is -3.94. The van der Waals surface area contributed by atoms with E-state index in [9.17, 15) is 13.2 Å². The predicted molar refractivity (Wildman–Crippen MR) is 116 cm³/mol. The monoisotopic (exact) mass is 450 g/mol. The summed E-state index contributed by atoms with van der Waals surface area (Å²) in [5, 5.41) is 2.90. The van der Waals surface area contributed by atoms with Crippen molar-refractivity contribution in [1.82, 2.24) is 10.0 Å². The summed E-state index contributed by atoms with van der Waals surface area (Å²) in [5.74, 6) is 1.14. The second-order valence-electron chi connectivity index (χ2n) is 8.03. The van der Waals surface area contributed by atoms with Crippen LogP contribution >= 0.6 is 0 Å². The average molecular weight is 451 g/mol. The van der Waals surface area contributed by atoms with Gasteiger partial charge in [-0.15, -0.1) is 0 Å². The van der Waals surface area contributed by atoms with E-state index in [1.54, 1.807) is 26.2 Å². The highest BCUT2D eigenvalue weighted by molar-refractivity contribution is 7.89. The fourth-order valence-electron chi connectivity index (χ4n) is 3.26. The number of ether oxygens (including phenoxy) is 2. The third-order valence-electron chi connectivity index (χ3n) is 5.05. The summed E-state index contributed by atoms with van der Waals surface area (Å²) in [5.41, 5.74) is 0. The van der Waals surface area contributed by atoms with Gasteiger partial charge in [0.2, 0.25) is 15.9 Å². The lowest BCUT2D eigenvalue weighted by atomic mass is 10.0. The first-order valence-corrected chi connectivity index (χ1v) is 12.0. The molecule has 1 aliphatic heterocycles. The van der Waals surface area contributed by atoms with Crippen molar-refractivity contribution < 1.29 is 27.1 Å². The Morgan fingerprint density at radius 1 is 1.10 bits per heavy atom. The topological polar surface area (TPSA) is 107 Å². The molecular weight excluding hydrogens is 420 g/mol. The van der Waals surface area contributed by atoms with Gasteiger partial charge in [0.25, 0.3) is 0 Å². The molecule has 1 aromatic heterocycles. The molecule has 0 radical (unpaired) electrons. The van der Waals surface area contributed by atoms with Crippen molar-refractivity contribution in [3.63, 3.8) is 0 Å². The number of amides is 1. The molecule has 3 rings (SSSR count). The lowest BCUT2D eigenvalue weighted by molar-refractivity contribution is -0.124. The molecule has 170 valence electrons. The first-order valence-electron chi connectivity index (χ1n) is 10.5. The van der Waals surface area contributed by atoms with Gasteiger partial charge in [0.05, 0.1) is 24.4 Å². The third-order valence-corrected chi connectivity index (χ3v) is 6.49. The molecule has 0 fully saturated rings. The van der Waals surface area contributed by atoms with Crippen molar-refractivity contribution in [2.24, 2.45) is 5.92 Å². The van der Waals surface area contributed by atoms with E-state index in [1.165, 1.54) is 12.1 Å². The second-order valence-corrected chi connectivity index (χ2v) is 9.74. The van der Waals surface area contributed by atoms with E-state index < -0.39 is 16.1 Å². The number of hydrogen-bond donors (Lipinski definition) is 2. The Kier molecular flexibility index (Phi) is 7.61. The molecule has 2 aromatic rings. The van der Waals surface area contributed by atoms with Gasteiger partial charge >= 0.3 is 0 Å². The summed E-state index contributed by atoms with van der Waals surface area (Å²) >= 11 is 0. The highest BCUT2D eigenvalue weighted by Gasteiger charge is 2.30. The SMILES string of the molecule is CC(CCc1ccco1)NC(=O)C(NS(=O)(=O)c1ccc2c(c1)OCCCO2)C(C)C. The zero-order chi connectivity index (χ0) is 22.4. The van der Waals surface area contributed by atoms with Gasteiger partial charge in [0.15, 0.2) is 11.5 Å². The normalized spacial score (nSPS) is 15.9. The Morgan fingerprint density at radius 3 is 2.52 bits per heavy atom. The number of carbonyl (C=O) groups is 1. The Bertz CT molecular complexity index is 972. The molecule has 31 heavy (non-hydrogen) atoms. The molecule has 2 unspecified atom stereocenters. The van der Waals surface area contributed by atoms with E-state index in [1.807, 2.05) is 19.1 Å². The minimum absolute atomic E-state index is 0.0288. The molecule has 2 N–H and O–H groups in total. The Hall–Kier alpha value is -2.52. The standard InChI is InChI=1S/C22H30N2O6S/c1-15(2)21(22(25)23-16(3)7-8-17-6-4-11-28-17)24-31(26,27)18-9-10-19-20(14-18)30-13-5-12-29-19/h4,6,9-11,14-16,21,24H,5,7-8,12-13H2,1-3H3,(H,23,25). The maximum Gasteiger partial charge on any atom is 0.241 e. The van der Waals surface area contributed by atoms with E-state index in [2.05, 4.69) is 10.0 Å². The first kappa shape index (κ1) is 23.1. The zero-order valence-electron chi connectivity index (χ0n) is 18.1. The van der Waals surface area contributed by atoms with Crippen LogP contribution in [0.4, 0.5) is 0 Å². The molecule has 9 heteroatoms. The fourth-order valence-corrected chi connectivity index (χ4v) is 4.62. The highest BCUT2D eigenvalue weighted by Crippen LogP contribution is 2.32. The molecule has 0 bridgehead atoms. The zero-order valence-corrected chi connectivity index (χ0v) is 18.9. The smallest absolute Gasteiger partial charge is 0.241 e. The van der Waals surface area contributed by atoms with Crippen molar-refractivity contribution in [1.29, 1.82) is 0 Å². The van der Waals surface area contributed by atoms with Crippen LogP contribution in [0.1, 0.15) is 39.4 Å². The lowest BCUT2D eigenvalue weighted by Crippen LogP contribution is -2.51. The van der Waals surface area contributed by atoms with Crippen LogP contribution in [0.15, 0.2) is 45.9 Å². The van der Waals surface area contributed by atoms with E-state index in [0.717, 1.165) is 12.2 Å². The van der Waals surface area contributed by atoms with E-state index >= 15 is 0 Å². The maximum absolute atomic E-state index is 13.0. The Balaban J connectivity index is 1.66. The molecule has 1 aromatic carbocycles. The fraction of sp³-hybridized carbons (Fsp3) is 0.500. The molecule has 2 atom stereocenters. The lowest BCUT2D eigenvalue weighted by Gasteiger charge is -2.24. The molecule has 1 aliphatic rings. The van der Waals surface area contributed by atoms with Crippen LogP contribution < -0.4 is 19.5 Å². The molecule has 0 saturated carbocycles. The maximum atomic E-state index is 13.0. The van der Waals surface area contributed by atoms with Crippen LogP contribution in [0.3, 0.4) is 0 Å². The molecule has 8 nitrogen and oxygen atoms in total. The van der Waals surface area contributed by atoms with Gasteiger partial charge in [-0.2, -0.15) is 4.72 Å². The van der Waals surface area contributed by atoms with Gasteiger partial charge in [0, 0.05) is 24.9 Å². The van der Waals surface area contributed by atoms with Crippen molar-refractivity contribution >= 4 is 15.9 Å². The second kappa shape index (κ2) is 10.2. The molecule has 0 spiro atoms. The predicted octanol–water partition coefficient (Wildman–Crippen LogP) is 2.88. The average Bonchev–Trinajstić information content (AvgIpc) is 3.13. The molecular formula is C22H30N2O6S. The van der Waals surface area contributed by atoms with Crippen LogP contribution in [0.2, 0.25) is 0 Å².